The van der Waals surface area contributed by atoms with Gasteiger partial charge in [-0.05, 0) is 68.1 Å². The van der Waals surface area contributed by atoms with Crippen molar-refractivity contribution >= 4 is 15.9 Å². The zero-order valence-electron chi connectivity index (χ0n) is 12.6. The van der Waals surface area contributed by atoms with Gasteiger partial charge in [-0.15, -0.1) is 0 Å². The van der Waals surface area contributed by atoms with E-state index in [-0.39, 0.29) is 0 Å². The monoisotopic (exact) mass is 331 g/mol. The van der Waals surface area contributed by atoms with Gasteiger partial charge >= 0.3 is 0 Å². The molecule has 2 aromatic rings. The third-order valence-electron chi connectivity index (χ3n) is 3.96. The first kappa shape index (κ1) is 15.3. The van der Waals surface area contributed by atoms with Crippen molar-refractivity contribution in [3.05, 3.63) is 68.7 Å². The summed E-state index contributed by atoms with van der Waals surface area (Å²) in [6.07, 6.45) is 1.01. The Labute approximate surface area is 130 Å². The third kappa shape index (κ3) is 3.50. The number of hydrogen-bond acceptors (Lipinski definition) is 1. The Morgan fingerprint density at radius 2 is 1.65 bits per heavy atom. The summed E-state index contributed by atoms with van der Waals surface area (Å²) in [4.78, 5) is 0. The lowest BCUT2D eigenvalue weighted by Crippen LogP contribution is -2.19. The molecule has 2 heteroatoms. The molecule has 1 N–H and O–H groups in total. The summed E-state index contributed by atoms with van der Waals surface area (Å²) in [6, 6.07) is 13.7. The first-order chi connectivity index (χ1) is 9.51. The second-order valence-corrected chi connectivity index (χ2v) is 6.33. The second-order valence-electron chi connectivity index (χ2n) is 5.47. The number of benzene rings is 2. The zero-order chi connectivity index (χ0) is 14.7. The van der Waals surface area contributed by atoms with Crippen LogP contribution in [0, 0.1) is 20.8 Å². The van der Waals surface area contributed by atoms with Crippen LogP contribution in [0.3, 0.4) is 0 Å². The molecule has 0 aliphatic rings. The molecule has 0 spiro atoms. The Hall–Kier alpha value is -1.12. The summed E-state index contributed by atoms with van der Waals surface area (Å²) < 4.78 is 1.18. The average Bonchev–Trinajstić information content (AvgIpc) is 2.43. The molecular formula is C18H22BrN. The maximum Gasteiger partial charge on any atom is 0.0358 e. The molecule has 0 radical (unpaired) electrons. The van der Waals surface area contributed by atoms with Crippen molar-refractivity contribution in [3.63, 3.8) is 0 Å². The molecule has 20 heavy (non-hydrogen) atoms. The first-order valence-electron chi connectivity index (χ1n) is 7.00. The van der Waals surface area contributed by atoms with Crippen molar-refractivity contribution in [1.82, 2.24) is 5.32 Å². The number of halogens is 1. The van der Waals surface area contributed by atoms with Crippen LogP contribution in [-0.4, -0.2) is 7.05 Å². The summed E-state index contributed by atoms with van der Waals surface area (Å²) in [5.41, 5.74) is 6.69. The quantitative estimate of drug-likeness (QED) is 0.842. The molecular weight excluding hydrogens is 310 g/mol. The molecule has 0 aliphatic carbocycles. The predicted molar refractivity (Wildman–Crippen MR) is 90.3 cm³/mol. The molecule has 2 aromatic carbocycles. The normalized spacial score (nSPS) is 12.4. The molecule has 0 saturated heterocycles. The van der Waals surface area contributed by atoms with E-state index in [1.807, 2.05) is 7.05 Å². The molecule has 0 aromatic heterocycles. The highest BCUT2D eigenvalue weighted by Gasteiger charge is 2.11. The first-order valence-corrected chi connectivity index (χ1v) is 7.80. The summed E-state index contributed by atoms with van der Waals surface area (Å²) in [7, 11) is 2.03. The zero-order valence-corrected chi connectivity index (χ0v) is 14.2. The standard InChI is InChI=1S/C18H22BrN/c1-12-5-7-15(9-14(12)3)10-18(20-4)16-8-6-13(2)17(19)11-16/h5-9,11,18,20H,10H2,1-4H3. The van der Waals surface area contributed by atoms with Gasteiger partial charge in [-0.25, -0.2) is 0 Å². The van der Waals surface area contributed by atoms with Crippen molar-refractivity contribution in [2.75, 3.05) is 7.05 Å². The van der Waals surface area contributed by atoms with Crippen LogP contribution in [0.2, 0.25) is 0 Å². The van der Waals surface area contributed by atoms with E-state index in [2.05, 4.69) is 78.4 Å². The van der Waals surface area contributed by atoms with Crippen LogP contribution in [0.4, 0.5) is 0 Å². The van der Waals surface area contributed by atoms with Gasteiger partial charge in [-0.3, -0.25) is 0 Å². The molecule has 0 amide bonds. The lowest BCUT2D eigenvalue weighted by Gasteiger charge is -2.18. The second kappa shape index (κ2) is 6.55. The van der Waals surface area contributed by atoms with E-state index < -0.39 is 0 Å². The highest BCUT2D eigenvalue weighted by atomic mass is 79.9. The lowest BCUT2D eigenvalue weighted by molar-refractivity contribution is 0.591. The van der Waals surface area contributed by atoms with Gasteiger partial charge in [-0.1, -0.05) is 46.3 Å². The largest absolute Gasteiger partial charge is 0.313 e. The van der Waals surface area contributed by atoms with E-state index >= 15 is 0 Å². The summed E-state index contributed by atoms with van der Waals surface area (Å²) in [5.74, 6) is 0. The SMILES string of the molecule is CNC(Cc1ccc(C)c(C)c1)c1ccc(C)c(Br)c1. The molecule has 0 heterocycles. The minimum atomic E-state index is 0.342. The van der Waals surface area contributed by atoms with Crippen molar-refractivity contribution in [2.45, 2.75) is 33.2 Å². The van der Waals surface area contributed by atoms with Crippen molar-refractivity contribution in [1.29, 1.82) is 0 Å². The number of hydrogen-bond donors (Lipinski definition) is 1. The third-order valence-corrected chi connectivity index (χ3v) is 4.81. The number of nitrogens with one attached hydrogen (secondary N) is 1. The highest BCUT2D eigenvalue weighted by molar-refractivity contribution is 9.10. The fourth-order valence-corrected chi connectivity index (χ4v) is 2.78. The molecule has 1 atom stereocenters. The predicted octanol–water partition coefficient (Wildman–Crippen LogP) is 4.88. The van der Waals surface area contributed by atoms with E-state index in [0.717, 1.165) is 6.42 Å². The molecule has 1 nitrogen and oxygen atoms in total. The van der Waals surface area contributed by atoms with Gasteiger partial charge in [0.2, 0.25) is 0 Å². The van der Waals surface area contributed by atoms with Crippen LogP contribution in [0.25, 0.3) is 0 Å². The molecule has 106 valence electrons. The smallest absolute Gasteiger partial charge is 0.0358 e. The maximum atomic E-state index is 3.62. The molecule has 0 saturated carbocycles. The molecule has 2 rings (SSSR count). The van der Waals surface area contributed by atoms with Gasteiger partial charge in [0.05, 0.1) is 0 Å². The summed E-state index contributed by atoms with van der Waals surface area (Å²) in [5, 5.41) is 3.43. The van der Waals surface area contributed by atoms with Gasteiger partial charge in [0.1, 0.15) is 0 Å². The number of rotatable bonds is 4. The fourth-order valence-electron chi connectivity index (χ4n) is 2.38. The number of aryl methyl sites for hydroxylation is 3. The minimum Gasteiger partial charge on any atom is -0.313 e. The van der Waals surface area contributed by atoms with Gasteiger partial charge in [0.25, 0.3) is 0 Å². The van der Waals surface area contributed by atoms with Crippen LogP contribution < -0.4 is 5.32 Å². The van der Waals surface area contributed by atoms with Crippen LogP contribution in [0.5, 0.6) is 0 Å². The van der Waals surface area contributed by atoms with Gasteiger partial charge in [0.15, 0.2) is 0 Å². The van der Waals surface area contributed by atoms with Crippen molar-refractivity contribution in [2.24, 2.45) is 0 Å². The average molecular weight is 332 g/mol. The fraction of sp³-hybridized carbons (Fsp3) is 0.333. The Morgan fingerprint density at radius 1 is 0.950 bits per heavy atom. The highest BCUT2D eigenvalue weighted by Crippen LogP contribution is 2.24. The molecule has 1 unspecified atom stereocenters. The van der Waals surface area contributed by atoms with Crippen molar-refractivity contribution < 1.29 is 0 Å². The minimum absolute atomic E-state index is 0.342. The topological polar surface area (TPSA) is 12.0 Å². The summed E-state index contributed by atoms with van der Waals surface area (Å²) in [6.45, 7) is 6.45. The van der Waals surface area contributed by atoms with Crippen molar-refractivity contribution in [3.8, 4) is 0 Å². The maximum absolute atomic E-state index is 3.62. The van der Waals surface area contributed by atoms with E-state index in [9.17, 15) is 0 Å². The Balaban J connectivity index is 2.23. The van der Waals surface area contributed by atoms with Crippen LogP contribution in [0.1, 0.15) is 33.9 Å². The van der Waals surface area contributed by atoms with Gasteiger partial charge in [0, 0.05) is 10.5 Å². The van der Waals surface area contributed by atoms with Gasteiger partial charge < -0.3 is 5.32 Å². The number of likely N-dealkylation sites (N-methyl/N-ethyl adjacent to an activating group) is 1. The van der Waals surface area contributed by atoms with Crippen LogP contribution >= 0.6 is 15.9 Å². The Bertz CT molecular complexity index is 604. The van der Waals surface area contributed by atoms with E-state index in [1.165, 1.54) is 32.3 Å². The molecule has 0 fully saturated rings. The van der Waals surface area contributed by atoms with E-state index in [1.54, 1.807) is 0 Å². The molecule has 0 aliphatic heterocycles. The molecule has 0 bridgehead atoms. The van der Waals surface area contributed by atoms with Crippen LogP contribution in [0.15, 0.2) is 40.9 Å². The Morgan fingerprint density at radius 3 is 2.25 bits per heavy atom. The van der Waals surface area contributed by atoms with Crippen LogP contribution in [-0.2, 0) is 6.42 Å². The summed E-state index contributed by atoms with van der Waals surface area (Å²) >= 11 is 3.62. The van der Waals surface area contributed by atoms with E-state index in [0.29, 0.717) is 6.04 Å². The van der Waals surface area contributed by atoms with E-state index in [4.69, 9.17) is 0 Å². The van der Waals surface area contributed by atoms with Gasteiger partial charge in [-0.2, -0.15) is 0 Å². The lowest BCUT2D eigenvalue weighted by atomic mass is 9.96. The Kier molecular flexibility index (Phi) is 5.00.